The second-order valence-electron chi connectivity index (χ2n) is 5.38. The van der Waals surface area contributed by atoms with Crippen molar-refractivity contribution in [3.8, 4) is 5.75 Å². The average Bonchev–Trinajstić information content (AvgIpc) is 3.16. The highest BCUT2D eigenvalue weighted by Gasteiger charge is 2.71. The summed E-state index contributed by atoms with van der Waals surface area (Å²) in [6.07, 6.45) is 1.18. The third-order valence-corrected chi connectivity index (χ3v) is 4.83. The van der Waals surface area contributed by atoms with Crippen molar-refractivity contribution < 1.29 is 18.6 Å². The number of hydrogen-bond donors (Lipinski definition) is 2. The largest absolute Gasteiger partial charge is 0.493 e. The Kier molecular flexibility index (Phi) is 2.72. The van der Waals surface area contributed by atoms with E-state index in [0.29, 0.717) is 23.1 Å². The molecule has 0 amide bonds. The van der Waals surface area contributed by atoms with Crippen molar-refractivity contribution in [3.05, 3.63) is 28.2 Å². The number of hydrogen-bond acceptors (Lipinski definition) is 3. The molecule has 1 aliphatic carbocycles. The third kappa shape index (κ3) is 1.60. The van der Waals surface area contributed by atoms with E-state index in [0.717, 1.165) is 0 Å². The third-order valence-electron chi connectivity index (χ3n) is 4.34. The van der Waals surface area contributed by atoms with Gasteiger partial charge in [-0.2, -0.15) is 0 Å². The highest BCUT2D eigenvalue weighted by Crippen LogP contribution is 2.65. The molecule has 0 saturated heterocycles. The molecule has 0 bridgehead atoms. The van der Waals surface area contributed by atoms with Crippen LogP contribution in [0, 0.1) is 5.41 Å². The maximum atomic E-state index is 14.3. The van der Waals surface area contributed by atoms with E-state index in [2.05, 4.69) is 15.9 Å². The van der Waals surface area contributed by atoms with Crippen LogP contribution in [0.25, 0.3) is 0 Å². The Morgan fingerprint density at radius 1 is 1.42 bits per heavy atom. The Hall–Kier alpha value is -0.720. The van der Waals surface area contributed by atoms with Crippen LogP contribution >= 0.6 is 15.9 Å². The van der Waals surface area contributed by atoms with Crippen molar-refractivity contribution in [2.24, 2.45) is 11.1 Å². The lowest BCUT2D eigenvalue weighted by molar-refractivity contribution is -0.151. The number of nitrogens with two attached hydrogens (primary N) is 1. The molecule has 1 spiro atoms. The van der Waals surface area contributed by atoms with Crippen LogP contribution in [0.3, 0.4) is 0 Å². The van der Waals surface area contributed by atoms with Gasteiger partial charge >= 0.3 is 0 Å². The second-order valence-corrected chi connectivity index (χ2v) is 6.30. The van der Waals surface area contributed by atoms with E-state index >= 15 is 0 Å². The fraction of sp³-hybridized carbons (Fsp3) is 0.538. The number of aliphatic hydroxyl groups excluding tert-OH is 1. The molecule has 1 unspecified atom stereocenters. The number of benzene rings is 1. The van der Waals surface area contributed by atoms with Gasteiger partial charge < -0.3 is 15.6 Å². The number of alkyl halides is 2. The van der Waals surface area contributed by atoms with E-state index in [1.54, 1.807) is 18.2 Å². The van der Waals surface area contributed by atoms with Crippen LogP contribution in [0.4, 0.5) is 8.78 Å². The van der Waals surface area contributed by atoms with Gasteiger partial charge in [0.15, 0.2) is 0 Å². The normalized spacial score (nSPS) is 27.8. The summed E-state index contributed by atoms with van der Waals surface area (Å²) in [6, 6.07) is 4.92. The summed E-state index contributed by atoms with van der Waals surface area (Å²) in [5, 5.41) is 9.08. The van der Waals surface area contributed by atoms with Gasteiger partial charge in [0.05, 0.1) is 6.61 Å². The minimum Gasteiger partial charge on any atom is -0.493 e. The van der Waals surface area contributed by atoms with Crippen molar-refractivity contribution in [1.82, 2.24) is 0 Å². The summed E-state index contributed by atoms with van der Waals surface area (Å²) in [5.41, 5.74) is 3.77. The highest BCUT2D eigenvalue weighted by atomic mass is 79.9. The smallest absolute Gasteiger partial charge is 0.293 e. The van der Waals surface area contributed by atoms with Crippen LogP contribution in [0.5, 0.6) is 5.75 Å². The fourth-order valence-corrected chi connectivity index (χ4v) is 3.31. The summed E-state index contributed by atoms with van der Waals surface area (Å²) in [5.74, 6) is -3.01. The monoisotopic (exact) mass is 333 g/mol. The second kappa shape index (κ2) is 3.90. The maximum absolute atomic E-state index is 14.3. The Balaban J connectivity index is 2.23. The predicted molar refractivity (Wildman–Crippen MR) is 69.2 cm³/mol. The lowest BCUT2D eigenvalue weighted by atomic mass is 9.70. The number of halogens is 3. The molecule has 3 N–H and O–H groups in total. The molecule has 6 heteroatoms. The Labute approximate surface area is 117 Å². The van der Waals surface area contributed by atoms with Crippen molar-refractivity contribution in [1.29, 1.82) is 0 Å². The molecule has 104 valence electrons. The summed E-state index contributed by atoms with van der Waals surface area (Å²) in [7, 11) is 0. The minimum atomic E-state index is -3.39. The molecule has 19 heavy (non-hydrogen) atoms. The van der Waals surface area contributed by atoms with Gasteiger partial charge in [-0.15, -0.1) is 0 Å². The van der Waals surface area contributed by atoms with Crippen molar-refractivity contribution in [2.45, 2.75) is 24.3 Å². The summed E-state index contributed by atoms with van der Waals surface area (Å²) in [4.78, 5) is 0. The van der Waals surface area contributed by atoms with Crippen LogP contribution in [-0.4, -0.2) is 24.2 Å². The van der Waals surface area contributed by atoms with Crippen LogP contribution < -0.4 is 10.5 Å². The molecule has 1 atom stereocenters. The molecular formula is C13H14BrF2NO2. The van der Waals surface area contributed by atoms with E-state index in [-0.39, 0.29) is 12.2 Å². The van der Waals surface area contributed by atoms with Crippen molar-refractivity contribution in [2.75, 3.05) is 13.2 Å². The lowest BCUT2D eigenvalue weighted by Gasteiger charge is -2.46. The standard InChI is InChI=1S/C13H14BrF2NO2/c14-8-1-2-10-9(5-8)13(17,12(15,16)6-18)11(3-4-11)7-19-10/h1-2,5,18H,3-4,6-7,17H2. The first-order valence-corrected chi connectivity index (χ1v) is 6.86. The molecule has 3 nitrogen and oxygen atoms in total. The van der Waals surface area contributed by atoms with Crippen molar-refractivity contribution in [3.63, 3.8) is 0 Å². The first-order valence-electron chi connectivity index (χ1n) is 6.07. The minimum absolute atomic E-state index is 0.174. The SMILES string of the molecule is NC1(C(F)(F)CO)c2cc(Br)ccc2OCC12CC2. The molecule has 2 aliphatic rings. The molecule has 1 saturated carbocycles. The van der Waals surface area contributed by atoms with Gasteiger partial charge in [0, 0.05) is 15.5 Å². The zero-order valence-corrected chi connectivity index (χ0v) is 11.7. The molecular weight excluding hydrogens is 320 g/mol. The molecule has 1 fully saturated rings. The Bertz CT molecular complexity index is 533. The van der Waals surface area contributed by atoms with Crippen LogP contribution in [0.2, 0.25) is 0 Å². The number of rotatable bonds is 2. The quantitative estimate of drug-likeness (QED) is 0.873. The number of aliphatic hydroxyl groups is 1. The van der Waals surface area contributed by atoms with Crippen LogP contribution in [-0.2, 0) is 5.54 Å². The van der Waals surface area contributed by atoms with E-state index in [4.69, 9.17) is 15.6 Å². The van der Waals surface area contributed by atoms with Gasteiger partial charge in [-0.25, -0.2) is 8.78 Å². The van der Waals surface area contributed by atoms with E-state index in [1.165, 1.54) is 0 Å². The van der Waals surface area contributed by atoms with Gasteiger partial charge in [-0.3, -0.25) is 0 Å². The summed E-state index contributed by atoms with van der Waals surface area (Å²) in [6.45, 7) is -1.09. The van der Waals surface area contributed by atoms with Crippen molar-refractivity contribution >= 4 is 15.9 Å². The maximum Gasteiger partial charge on any atom is 0.293 e. The molecule has 3 rings (SSSR count). The molecule has 1 aromatic rings. The average molecular weight is 334 g/mol. The summed E-state index contributed by atoms with van der Waals surface area (Å²) >= 11 is 3.27. The van der Waals surface area contributed by atoms with Gasteiger partial charge in [0.2, 0.25) is 0 Å². The lowest BCUT2D eigenvalue weighted by Crippen LogP contribution is -2.63. The van der Waals surface area contributed by atoms with Gasteiger partial charge in [0.25, 0.3) is 5.92 Å². The number of fused-ring (bicyclic) bond motifs is 1. The van der Waals surface area contributed by atoms with Gasteiger partial charge in [-0.1, -0.05) is 15.9 Å². The predicted octanol–water partition coefficient (Wildman–Crippen LogP) is 2.40. The zero-order chi connectivity index (χ0) is 13.9. The van der Waals surface area contributed by atoms with E-state index < -0.39 is 23.5 Å². The first-order chi connectivity index (χ1) is 8.86. The van der Waals surface area contributed by atoms with Gasteiger partial charge in [0.1, 0.15) is 17.9 Å². The Morgan fingerprint density at radius 3 is 2.68 bits per heavy atom. The van der Waals surface area contributed by atoms with E-state index in [9.17, 15) is 8.78 Å². The van der Waals surface area contributed by atoms with Gasteiger partial charge in [-0.05, 0) is 31.0 Å². The molecule has 0 aromatic heterocycles. The van der Waals surface area contributed by atoms with Crippen LogP contribution in [0.1, 0.15) is 18.4 Å². The topological polar surface area (TPSA) is 55.5 Å². The number of ether oxygens (including phenoxy) is 1. The van der Waals surface area contributed by atoms with Crippen LogP contribution in [0.15, 0.2) is 22.7 Å². The fourth-order valence-electron chi connectivity index (χ4n) is 2.95. The highest BCUT2D eigenvalue weighted by molar-refractivity contribution is 9.10. The first kappa shape index (κ1) is 13.3. The molecule has 1 aliphatic heterocycles. The van der Waals surface area contributed by atoms with E-state index in [1.807, 2.05) is 0 Å². The Morgan fingerprint density at radius 2 is 2.11 bits per heavy atom. The molecule has 0 radical (unpaired) electrons. The molecule has 1 heterocycles. The summed E-state index contributed by atoms with van der Waals surface area (Å²) < 4.78 is 34.9. The molecule has 1 aromatic carbocycles. The zero-order valence-electron chi connectivity index (χ0n) is 10.1.